The first-order valence-corrected chi connectivity index (χ1v) is 11.4. The average Bonchev–Trinajstić information content (AvgIpc) is 2.77. The van der Waals surface area contributed by atoms with E-state index in [0.29, 0.717) is 38.5 Å². The molecule has 1 heterocycles. The topological polar surface area (TPSA) is 76.2 Å². The first kappa shape index (κ1) is 22.3. The first-order valence-electron chi connectivity index (χ1n) is 9.96. The largest absolute Gasteiger partial charge is 0.496 e. The van der Waals surface area contributed by atoms with Gasteiger partial charge in [0.15, 0.2) is 0 Å². The Labute approximate surface area is 178 Å². The Morgan fingerprint density at radius 1 is 1.13 bits per heavy atom. The highest BCUT2D eigenvalue weighted by molar-refractivity contribution is 7.89. The van der Waals surface area contributed by atoms with Gasteiger partial charge in [0, 0.05) is 19.6 Å². The van der Waals surface area contributed by atoms with E-state index in [-0.39, 0.29) is 23.9 Å². The van der Waals surface area contributed by atoms with Crippen LogP contribution < -0.4 is 4.74 Å². The number of carbonyl (C=O) groups is 1. The number of nitrogens with zero attached hydrogens (tertiary/aromatic N) is 2. The summed E-state index contributed by atoms with van der Waals surface area (Å²) in [6.45, 7) is 3.72. The zero-order valence-electron chi connectivity index (χ0n) is 17.4. The maximum absolute atomic E-state index is 13.4. The fourth-order valence-corrected chi connectivity index (χ4v) is 4.88. The Morgan fingerprint density at radius 3 is 2.47 bits per heavy atom. The van der Waals surface area contributed by atoms with Crippen molar-refractivity contribution in [1.82, 2.24) is 9.21 Å². The molecule has 2 aromatic carbocycles. The average molecular weight is 433 g/mol. The van der Waals surface area contributed by atoms with Gasteiger partial charge in [0.2, 0.25) is 15.9 Å². The minimum Gasteiger partial charge on any atom is -0.496 e. The molecule has 0 bridgehead atoms. The van der Waals surface area contributed by atoms with E-state index in [9.17, 15) is 13.2 Å². The Hall–Kier alpha value is -2.42. The number of ether oxygens (including phenoxy) is 2. The van der Waals surface area contributed by atoms with Crippen LogP contribution in [-0.4, -0.2) is 70.0 Å². The molecule has 1 fully saturated rings. The van der Waals surface area contributed by atoms with Crippen molar-refractivity contribution in [2.45, 2.75) is 18.2 Å². The van der Waals surface area contributed by atoms with Crippen molar-refractivity contribution in [2.24, 2.45) is 0 Å². The van der Waals surface area contributed by atoms with Crippen molar-refractivity contribution in [3.05, 3.63) is 59.7 Å². The number of hydrogen-bond acceptors (Lipinski definition) is 5. The molecular formula is C22H28N2O5S. The van der Waals surface area contributed by atoms with Crippen molar-refractivity contribution >= 4 is 15.9 Å². The molecule has 0 unspecified atom stereocenters. The summed E-state index contributed by atoms with van der Waals surface area (Å²) in [6.07, 6.45) is 0.519. The molecule has 1 aliphatic rings. The van der Waals surface area contributed by atoms with Crippen molar-refractivity contribution in [3.8, 4) is 5.75 Å². The predicted octanol–water partition coefficient (Wildman–Crippen LogP) is 2.10. The Morgan fingerprint density at radius 2 is 1.83 bits per heavy atom. The number of benzene rings is 2. The van der Waals surface area contributed by atoms with Gasteiger partial charge in [-0.2, -0.15) is 4.31 Å². The van der Waals surface area contributed by atoms with Crippen LogP contribution in [0.3, 0.4) is 0 Å². The summed E-state index contributed by atoms with van der Waals surface area (Å²) in [5.74, 6) is 0.411. The maximum Gasteiger partial charge on any atom is 0.243 e. The SMILES string of the molecule is COc1ccc(S(=O)(=O)N(CCc2ccccc2)CC(=O)N2CCOCC2)cc1C. The third-order valence-corrected chi connectivity index (χ3v) is 7.01. The molecule has 0 N–H and O–H groups in total. The van der Waals surface area contributed by atoms with Gasteiger partial charge in [0.25, 0.3) is 0 Å². The number of hydrogen-bond donors (Lipinski definition) is 0. The normalized spacial score (nSPS) is 14.7. The summed E-state index contributed by atoms with van der Waals surface area (Å²) in [7, 11) is -2.31. The van der Waals surface area contributed by atoms with Crippen LogP contribution in [0.25, 0.3) is 0 Å². The van der Waals surface area contributed by atoms with Crippen molar-refractivity contribution < 1.29 is 22.7 Å². The lowest BCUT2D eigenvalue weighted by Gasteiger charge is -2.30. The molecule has 30 heavy (non-hydrogen) atoms. The summed E-state index contributed by atoms with van der Waals surface area (Å²) < 4.78 is 38.6. The van der Waals surface area contributed by atoms with Crippen LogP contribution >= 0.6 is 0 Å². The summed E-state index contributed by atoms with van der Waals surface area (Å²) >= 11 is 0. The Kier molecular flexibility index (Phi) is 7.47. The molecule has 8 heteroatoms. The fraction of sp³-hybridized carbons (Fsp3) is 0.409. The van der Waals surface area contributed by atoms with Gasteiger partial charge in [-0.15, -0.1) is 0 Å². The third-order valence-electron chi connectivity index (χ3n) is 5.17. The molecule has 162 valence electrons. The van der Waals surface area contributed by atoms with Gasteiger partial charge in [0.1, 0.15) is 5.75 Å². The van der Waals surface area contributed by atoms with Gasteiger partial charge in [0.05, 0.1) is 31.8 Å². The van der Waals surface area contributed by atoms with Gasteiger partial charge in [-0.3, -0.25) is 4.79 Å². The monoisotopic (exact) mass is 432 g/mol. The van der Waals surface area contributed by atoms with E-state index in [0.717, 1.165) is 11.1 Å². The van der Waals surface area contributed by atoms with Gasteiger partial charge in [-0.25, -0.2) is 8.42 Å². The van der Waals surface area contributed by atoms with Crippen LogP contribution in [0, 0.1) is 6.92 Å². The minimum atomic E-state index is -3.85. The molecule has 0 atom stereocenters. The van der Waals surface area contributed by atoms with Crippen LogP contribution in [0.2, 0.25) is 0 Å². The second-order valence-electron chi connectivity index (χ2n) is 7.20. The van der Waals surface area contributed by atoms with Crippen LogP contribution in [0.4, 0.5) is 0 Å². The van der Waals surface area contributed by atoms with Crippen molar-refractivity contribution in [1.29, 1.82) is 0 Å². The second kappa shape index (κ2) is 10.1. The predicted molar refractivity (Wildman–Crippen MR) is 114 cm³/mol. The maximum atomic E-state index is 13.4. The molecule has 7 nitrogen and oxygen atoms in total. The summed E-state index contributed by atoms with van der Waals surface area (Å²) in [4.78, 5) is 14.6. The van der Waals surface area contributed by atoms with Gasteiger partial charge in [-0.1, -0.05) is 30.3 Å². The van der Waals surface area contributed by atoms with E-state index in [1.807, 2.05) is 30.3 Å². The lowest BCUT2D eigenvalue weighted by Crippen LogP contribution is -2.47. The highest BCUT2D eigenvalue weighted by atomic mass is 32.2. The lowest BCUT2D eigenvalue weighted by atomic mass is 10.1. The van der Waals surface area contributed by atoms with E-state index in [2.05, 4.69) is 0 Å². The Balaban J connectivity index is 1.84. The summed E-state index contributed by atoms with van der Waals surface area (Å²) in [5, 5.41) is 0. The van der Waals surface area contributed by atoms with E-state index in [1.54, 1.807) is 31.1 Å². The number of amides is 1. The number of carbonyl (C=O) groups excluding carboxylic acids is 1. The number of morpholine rings is 1. The quantitative estimate of drug-likeness (QED) is 0.639. The molecule has 3 rings (SSSR count). The molecule has 2 aromatic rings. The van der Waals surface area contributed by atoms with Gasteiger partial charge >= 0.3 is 0 Å². The summed E-state index contributed by atoms with van der Waals surface area (Å²) in [6, 6.07) is 14.4. The van der Waals surface area contributed by atoms with E-state index >= 15 is 0 Å². The van der Waals surface area contributed by atoms with Crippen molar-refractivity contribution in [3.63, 3.8) is 0 Å². The summed E-state index contributed by atoms with van der Waals surface area (Å²) in [5.41, 5.74) is 1.74. The number of methoxy groups -OCH3 is 1. The smallest absolute Gasteiger partial charge is 0.243 e. The van der Waals surface area contributed by atoms with E-state index < -0.39 is 10.0 Å². The molecule has 1 aliphatic heterocycles. The molecule has 0 radical (unpaired) electrons. The highest BCUT2D eigenvalue weighted by Crippen LogP contribution is 2.24. The zero-order chi connectivity index (χ0) is 21.6. The number of aryl methyl sites for hydroxylation is 1. The van der Waals surface area contributed by atoms with Crippen LogP contribution in [-0.2, 0) is 26.0 Å². The number of rotatable bonds is 8. The zero-order valence-corrected chi connectivity index (χ0v) is 18.2. The van der Waals surface area contributed by atoms with Crippen molar-refractivity contribution in [2.75, 3.05) is 46.5 Å². The van der Waals surface area contributed by atoms with Crippen LogP contribution in [0.1, 0.15) is 11.1 Å². The van der Waals surface area contributed by atoms with Crippen LogP contribution in [0.15, 0.2) is 53.4 Å². The lowest BCUT2D eigenvalue weighted by molar-refractivity contribution is -0.135. The van der Waals surface area contributed by atoms with Gasteiger partial charge in [-0.05, 0) is 42.7 Å². The molecule has 0 aliphatic carbocycles. The van der Waals surface area contributed by atoms with Gasteiger partial charge < -0.3 is 14.4 Å². The molecule has 0 spiro atoms. The second-order valence-corrected chi connectivity index (χ2v) is 9.14. The molecule has 0 saturated carbocycles. The highest BCUT2D eigenvalue weighted by Gasteiger charge is 2.29. The fourth-order valence-electron chi connectivity index (χ4n) is 3.41. The third kappa shape index (κ3) is 5.38. The molecular weight excluding hydrogens is 404 g/mol. The van der Waals surface area contributed by atoms with Crippen LogP contribution in [0.5, 0.6) is 5.75 Å². The standard InChI is InChI=1S/C22H28N2O5S/c1-18-16-20(8-9-21(18)28-2)30(26,27)24(11-10-19-6-4-3-5-7-19)17-22(25)23-12-14-29-15-13-23/h3-9,16H,10-15,17H2,1-2H3. The molecule has 1 amide bonds. The number of sulfonamides is 1. The van der Waals surface area contributed by atoms with E-state index in [1.165, 1.54) is 10.4 Å². The molecule has 1 saturated heterocycles. The minimum absolute atomic E-state index is 0.156. The van der Waals surface area contributed by atoms with E-state index in [4.69, 9.17) is 9.47 Å². The first-order chi connectivity index (χ1) is 14.4. The Bertz CT molecular complexity index is 957. The molecule has 0 aromatic heterocycles.